The number of hydrogen-bond acceptors (Lipinski definition) is 13. The molecule has 0 radical (unpaired) electrons. The number of ether oxygens (including phenoxy) is 2. The molecule has 2 aliphatic carbocycles. The zero-order valence-electron chi connectivity index (χ0n) is 40.9. The number of halogens is 12. The van der Waals surface area contributed by atoms with Gasteiger partial charge in [0.2, 0.25) is 21.8 Å². The fourth-order valence-electron chi connectivity index (χ4n) is 7.76. The largest absolute Gasteiger partial charge is 0.438 e. The molecule has 10 rings (SSSR count). The smallest absolute Gasteiger partial charge is 0.421 e. The summed E-state index contributed by atoms with van der Waals surface area (Å²) in [6.07, 6.45) is -3.06. The summed E-state index contributed by atoms with van der Waals surface area (Å²) < 4.78 is 222. The first-order valence-corrected chi connectivity index (χ1v) is 26.7. The Kier molecular flexibility index (Phi) is 16.8. The van der Waals surface area contributed by atoms with Gasteiger partial charge in [-0.3, -0.25) is 14.4 Å². The van der Waals surface area contributed by atoms with Crippen molar-refractivity contribution in [1.82, 2.24) is 29.1 Å². The molecule has 81 heavy (non-hydrogen) atoms. The van der Waals surface area contributed by atoms with Crippen LogP contribution in [0.3, 0.4) is 0 Å². The molecule has 426 valence electrons. The third kappa shape index (κ3) is 14.4. The summed E-state index contributed by atoms with van der Waals surface area (Å²) in [7, 11) is -6.51. The second-order valence-electron chi connectivity index (χ2n) is 18.1. The van der Waals surface area contributed by atoms with Crippen LogP contribution in [0.5, 0.6) is 23.3 Å². The quantitative estimate of drug-likeness (QED) is 0.0792. The number of nitrogens with two attached hydrogens (primary N) is 1. The molecule has 4 aromatic carbocycles. The first-order chi connectivity index (χ1) is 38.0. The van der Waals surface area contributed by atoms with E-state index in [-0.39, 0.29) is 68.1 Å². The number of primary sulfonamides is 1. The highest BCUT2D eigenvalue weighted by Gasteiger charge is 2.39. The van der Waals surface area contributed by atoms with Gasteiger partial charge in [0, 0.05) is 53.3 Å². The standard InChI is InChI=1S/C26H19F6N3O4S.C22H11F6N3O3.C3H7NO2S/c27-15-8-21(28)19(22(29)9-15)12-35-13-34-24(36)18-10-16(1-4-23(18)35)39-25-20(26(30,31)32)7-14(11-33-25)5-6-40(37,38)17-2-3-17;23-12-4-17(24)15(18(25)5-12)8-31-10-30-20(33)14-6-13(1-2-19(14)31)34-21-16(22(26,27)28)3-11(9-32)7-29-21;4-7(5,6)3-1-2-3/h1,4,7-11,13,17H,2-3,5-6,12H2;1-7,9-10H,8H2;3H,1-2H2,(H2,4,5,6). The second kappa shape index (κ2) is 23.1. The van der Waals surface area contributed by atoms with Gasteiger partial charge in [0.1, 0.15) is 57.5 Å². The highest BCUT2D eigenvalue weighted by Crippen LogP contribution is 2.40. The molecular weight excluding hydrogens is 1150 g/mol. The van der Waals surface area contributed by atoms with Gasteiger partial charge in [0.25, 0.3) is 11.1 Å². The van der Waals surface area contributed by atoms with E-state index in [0.717, 1.165) is 56.1 Å². The van der Waals surface area contributed by atoms with Crippen molar-refractivity contribution in [3.05, 3.63) is 187 Å². The van der Waals surface area contributed by atoms with E-state index in [1.807, 2.05) is 0 Å². The predicted molar refractivity (Wildman–Crippen MR) is 263 cm³/mol. The Morgan fingerprint density at radius 3 is 1.38 bits per heavy atom. The van der Waals surface area contributed by atoms with Crippen molar-refractivity contribution in [2.24, 2.45) is 5.14 Å². The van der Waals surface area contributed by atoms with E-state index in [2.05, 4.69) is 19.9 Å². The maximum absolute atomic E-state index is 14.2. The zero-order valence-corrected chi connectivity index (χ0v) is 42.5. The molecule has 2 aliphatic rings. The van der Waals surface area contributed by atoms with Gasteiger partial charge in [-0.05, 0) is 86.2 Å². The van der Waals surface area contributed by atoms with E-state index in [1.165, 1.54) is 33.4 Å². The third-order valence-electron chi connectivity index (χ3n) is 12.2. The number of sulfone groups is 1. The number of aldehydes is 1. The number of aromatic nitrogens is 6. The number of carbonyl (C=O) groups excluding carboxylic acids is 1. The third-order valence-corrected chi connectivity index (χ3v) is 15.8. The second-order valence-corrected chi connectivity index (χ2v) is 22.4. The first kappa shape index (κ1) is 58.9. The lowest BCUT2D eigenvalue weighted by Gasteiger charge is -2.15. The molecule has 0 saturated heterocycles. The number of fused-ring (bicyclic) bond motifs is 2. The summed E-state index contributed by atoms with van der Waals surface area (Å²) in [6.45, 7) is -0.908. The number of carbonyl (C=O) groups is 1. The van der Waals surface area contributed by atoms with Gasteiger partial charge in [0.05, 0.1) is 63.8 Å². The molecular formula is C51H37F12N7O9S2. The van der Waals surface area contributed by atoms with Crippen LogP contribution in [0.1, 0.15) is 63.9 Å². The molecule has 4 heterocycles. The molecule has 0 unspecified atom stereocenters. The van der Waals surface area contributed by atoms with Gasteiger partial charge >= 0.3 is 12.4 Å². The molecule has 2 N–H and O–H groups in total. The monoisotopic (exact) mass is 1180 g/mol. The summed E-state index contributed by atoms with van der Waals surface area (Å²) in [5.41, 5.74) is -5.06. The first-order valence-electron chi connectivity index (χ1n) is 23.4. The van der Waals surface area contributed by atoms with Crippen molar-refractivity contribution >= 4 is 48.0 Å². The lowest BCUT2D eigenvalue weighted by molar-refractivity contribution is -0.139. The van der Waals surface area contributed by atoms with Crippen LogP contribution in [0.15, 0.2) is 107 Å². The summed E-state index contributed by atoms with van der Waals surface area (Å²) in [6, 6.07) is 10.6. The highest BCUT2D eigenvalue weighted by molar-refractivity contribution is 7.92. The van der Waals surface area contributed by atoms with Crippen LogP contribution in [-0.2, 0) is 51.7 Å². The SMILES string of the molecule is NS(=O)(=O)C1CC1.O=Cc1cnc(Oc2ccc3c(c2)c(=O)ncn3Cc2c(F)cc(F)cc2F)c(C(F)(F)F)c1.O=c1ncn(Cc2c(F)cc(F)cc2F)c2ccc(Oc3ncc(CCS(=O)(=O)C4CC4)cc3C(F)(F)F)cc12. The highest BCUT2D eigenvalue weighted by atomic mass is 32.2. The average molecular weight is 1180 g/mol. The molecule has 0 spiro atoms. The lowest BCUT2D eigenvalue weighted by Crippen LogP contribution is -2.16. The molecule has 16 nitrogen and oxygen atoms in total. The van der Waals surface area contributed by atoms with E-state index in [0.29, 0.717) is 43.2 Å². The van der Waals surface area contributed by atoms with Crippen molar-refractivity contribution in [3.63, 3.8) is 0 Å². The Balaban J connectivity index is 0.000000191. The topological polar surface area (TPSA) is 225 Å². The average Bonchev–Trinajstić information content (AvgIpc) is 4.36. The van der Waals surface area contributed by atoms with Crippen LogP contribution in [0.2, 0.25) is 0 Å². The van der Waals surface area contributed by atoms with Gasteiger partial charge in [-0.15, -0.1) is 0 Å². The maximum atomic E-state index is 14.2. The Morgan fingerprint density at radius 2 is 1.00 bits per heavy atom. The number of alkyl halides is 6. The number of nitrogens with zero attached hydrogens (tertiary/aromatic N) is 6. The van der Waals surface area contributed by atoms with E-state index >= 15 is 0 Å². The minimum atomic E-state index is -4.89. The lowest BCUT2D eigenvalue weighted by atomic mass is 10.1. The molecule has 30 heteroatoms. The van der Waals surface area contributed by atoms with E-state index in [4.69, 9.17) is 14.6 Å². The fraction of sp³-hybridized carbons (Fsp3) is 0.235. The zero-order chi connectivity index (χ0) is 58.9. The van der Waals surface area contributed by atoms with Crippen LogP contribution in [-0.4, -0.2) is 68.4 Å². The van der Waals surface area contributed by atoms with Gasteiger partial charge < -0.3 is 18.6 Å². The van der Waals surface area contributed by atoms with Crippen LogP contribution in [0.25, 0.3) is 21.8 Å². The Bertz CT molecular complexity index is 4070. The van der Waals surface area contributed by atoms with Crippen molar-refractivity contribution in [1.29, 1.82) is 0 Å². The van der Waals surface area contributed by atoms with Crippen LogP contribution < -0.4 is 25.7 Å². The minimum absolute atomic E-state index is 0.0646. The fourth-order valence-corrected chi connectivity index (χ4v) is 10.3. The maximum Gasteiger partial charge on any atom is 0.421 e. The number of aryl methyl sites for hydroxylation is 1. The van der Waals surface area contributed by atoms with Gasteiger partial charge in [-0.1, -0.05) is 0 Å². The summed E-state index contributed by atoms with van der Waals surface area (Å²) in [5.74, 6) is -9.17. The molecule has 0 amide bonds. The summed E-state index contributed by atoms with van der Waals surface area (Å²) >= 11 is 0. The number of pyridine rings is 2. The summed E-state index contributed by atoms with van der Waals surface area (Å²) in [4.78, 5) is 50.0. The van der Waals surface area contributed by atoms with Crippen molar-refractivity contribution in [2.45, 2.75) is 68.0 Å². The molecule has 0 aliphatic heterocycles. The number of hydrogen-bond donors (Lipinski definition) is 1. The summed E-state index contributed by atoms with van der Waals surface area (Å²) in [5, 5.41) is 3.82. The molecule has 8 aromatic rings. The van der Waals surface area contributed by atoms with E-state index in [9.17, 15) is 83.9 Å². The van der Waals surface area contributed by atoms with Gasteiger partial charge in [0.15, 0.2) is 16.1 Å². The van der Waals surface area contributed by atoms with Crippen LogP contribution in [0.4, 0.5) is 52.7 Å². The molecule has 4 aromatic heterocycles. The van der Waals surface area contributed by atoms with Crippen LogP contribution in [0, 0.1) is 34.9 Å². The minimum Gasteiger partial charge on any atom is -0.438 e. The molecule has 0 bridgehead atoms. The van der Waals surface area contributed by atoms with Crippen LogP contribution >= 0.6 is 0 Å². The predicted octanol–water partition coefficient (Wildman–Crippen LogP) is 9.51. The van der Waals surface area contributed by atoms with Gasteiger partial charge in [-0.25, -0.2) is 58.3 Å². The number of rotatable bonds is 14. The van der Waals surface area contributed by atoms with E-state index < -0.39 is 131 Å². The number of sulfonamides is 1. The Labute approximate surface area is 448 Å². The Hall–Kier alpha value is -8.25. The van der Waals surface area contributed by atoms with Crippen molar-refractivity contribution in [2.75, 3.05) is 5.75 Å². The molecule has 2 fully saturated rings. The Morgan fingerprint density at radius 1 is 0.580 bits per heavy atom. The normalized spacial score (nSPS) is 13.7. The molecule has 0 atom stereocenters. The molecule has 2 saturated carbocycles. The van der Waals surface area contributed by atoms with Crippen molar-refractivity contribution < 1.29 is 83.8 Å². The van der Waals surface area contributed by atoms with Gasteiger partial charge in [-0.2, -0.15) is 36.3 Å². The van der Waals surface area contributed by atoms with E-state index in [1.54, 1.807) is 0 Å². The van der Waals surface area contributed by atoms with Crippen molar-refractivity contribution in [3.8, 4) is 23.3 Å². The number of benzene rings is 4.